The molecule has 0 aromatic heterocycles. The van der Waals surface area contributed by atoms with E-state index >= 15 is 0 Å². The van der Waals surface area contributed by atoms with E-state index in [1.54, 1.807) is 11.0 Å². The number of carbonyl (C=O) groups is 1. The molecule has 0 bridgehead atoms. The lowest BCUT2D eigenvalue weighted by Gasteiger charge is -2.14. The Bertz CT molecular complexity index is 156. The van der Waals surface area contributed by atoms with Crippen LogP contribution in [0.4, 0.5) is 4.79 Å². The van der Waals surface area contributed by atoms with Gasteiger partial charge in [-0.05, 0) is 6.92 Å². The van der Waals surface area contributed by atoms with Gasteiger partial charge in [-0.3, -0.25) is 4.90 Å². The molecule has 0 aromatic carbocycles. The summed E-state index contributed by atoms with van der Waals surface area (Å²) in [6.07, 6.45) is 1.50. The molecular weight excluding hydrogens is 130 g/mol. The van der Waals surface area contributed by atoms with Crippen LogP contribution in [0.15, 0.2) is 12.7 Å². The number of hydrogen-bond donors (Lipinski definition) is 0. The molecule has 0 aromatic rings. The van der Waals surface area contributed by atoms with Gasteiger partial charge in [0.15, 0.2) is 0 Å². The van der Waals surface area contributed by atoms with Crippen molar-refractivity contribution >= 4 is 6.09 Å². The molecule has 1 aliphatic rings. The van der Waals surface area contributed by atoms with Crippen LogP contribution in [0.25, 0.3) is 0 Å². The predicted octanol–water partition coefficient (Wildman–Crippen LogP) is 1.01. The number of amides is 1. The Morgan fingerprint density at radius 1 is 2.00 bits per heavy atom. The van der Waals surface area contributed by atoms with Crippen LogP contribution < -0.4 is 0 Å². The minimum absolute atomic E-state index is 0.0810. The fourth-order valence-electron chi connectivity index (χ4n) is 1.02. The van der Waals surface area contributed by atoms with Gasteiger partial charge in [0.05, 0.1) is 6.04 Å². The van der Waals surface area contributed by atoms with Crippen LogP contribution in [0.1, 0.15) is 6.92 Å². The normalized spacial score (nSPS) is 24.7. The molecule has 0 saturated carbocycles. The minimum atomic E-state index is -0.229. The zero-order valence-corrected chi connectivity index (χ0v) is 6.04. The molecular formula is C7H11NO2. The summed E-state index contributed by atoms with van der Waals surface area (Å²) in [6, 6.07) is 0.0810. The van der Waals surface area contributed by atoms with Crippen molar-refractivity contribution in [2.24, 2.45) is 0 Å². The average Bonchev–Trinajstić information content (AvgIpc) is 2.30. The first-order valence-corrected chi connectivity index (χ1v) is 3.35. The van der Waals surface area contributed by atoms with Crippen molar-refractivity contribution in [3.8, 4) is 0 Å². The van der Waals surface area contributed by atoms with Gasteiger partial charge in [-0.15, -0.1) is 6.58 Å². The van der Waals surface area contributed by atoms with Crippen molar-refractivity contribution in [2.45, 2.75) is 13.0 Å². The number of carbonyl (C=O) groups excluding carboxylic acids is 1. The van der Waals surface area contributed by atoms with Crippen molar-refractivity contribution in [2.75, 3.05) is 13.2 Å². The molecule has 0 spiro atoms. The molecule has 10 heavy (non-hydrogen) atoms. The number of cyclic esters (lactones) is 1. The zero-order valence-electron chi connectivity index (χ0n) is 6.04. The molecule has 0 radical (unpaired) electrons. The monoisotopic (exact) mass is 141 g/mol. The Morgan fingerprint density at radius 2 is 2.70 bits per heavy atom. The van der Waals surface area contributed by atoms with E-state index in [9.17, 15) is 4.79 Å². The van der Waals surface area contributed by atoms with E-state index in [1.165, 1.54) is 0 Å². The highest BCUT2D eigenvalue weighted by Gasteiger charge is 2.28. The smallest absolute Gasteiger partial charge is 0.410 e. The third-order valence-corrected chi connectivity index (χ3v) is 1.63. The van der Waals surface area contributed by atoms with Gasteiger partial charge in [0.2, 0.25) is 0 Å². The van der Waals surface area contributed by atoms with Crippen molar-refractivity contribution in [3.63, 3.8) is 0 Å². The molecule has 1 aliphatic heterocycles. The molecule has 0 aliphatic carbocycles. The Hall–Kier alpha value is -0.990. The van der Waals surface area contributed by atoms with Crippen molar-refractivity contribution in [3.05, 3.63) is 12.7 Å². The van der Waals surface area contributed by atoms with Crippen LogP contribution in [0.2, 0.25) is 0 Å². The summed E-state index contributed by atoms with van der Waals surface area (Å²) in [5, 5.41) is 0. The van der Waals surface area contributed by atoms with E-state index in [4.69, 9.17) is 4.74 Å². The third kappa shape index (κ3) is 0.988. The summed E-state index contributed by atoms with van der Waals surface area (Å²) < 4.78 is 4.78. The van der Waals surface area contributed by atoms with Crippen molar-refractivity contribution in [1.29, 1.82) is 0 Å². The molecule has 1 atom stereocenters. The second-order valence-electron chi connectivity index (χ2n) is 2.17. The van der Waals surface area contributed by atoms with Crippen LogP contribution in [-0.2, 0) is 4.74 Å². The van der Waals surface area contributed by atoms with Gasteiger partial charge in [0.25, 0.3) is 0 Å². The largest absolute Gasteiger partial charge is 0.447 e. The van der Waals surface area contributed by atoms with E-state index in [0.29, 0.717) is 13.2 Å². The maximum absolute atomic E-state index is 10.8. The number of hydrogen-bond acceptors (Lipinski definition) is 2. The van der Waals surface area contributed by atoms with Gasteiger partial charge in [0.1, 0.15) is 6.61 Å². The molecule has 1 rings (SSSR count). The fraction of sp³-hybridized carbons (Fsp3) is 0.571. The lowest BCUT2D eigenvalue weighted by molar-refractivity contribution is 0.159. The van der Waals surface area contributed by atoms with Gasteiger partial charge < -0.3 is 4.74 Å². The maximum Gasteiger partial charge on any atom is 0.410 e. The standard InChI is InChI=1S/C7H11NO2/c1-3-6-5-10-7(9)8(6)4-2/h3,6H,1,4-5H2,2H3. The van der Waals surface area contributed by atoms with Crippen LogP contribution in [0.3, 0.4) is 0 Å². The Labute approximate surface area is 60.3 Å². The minimum Gasteiger partial charge on any atom is -0.447 e. The lowest BCUT2D eigenvalue weighted by Crippen LogP contribution is -2.31. The maximum atomic E-state index is 10.8. The van der Waals surface area contributed by atoms with E-state index < -0.39 is 0 Å². The summed E-state index contributed by atoms with van der Waals surface area (Å²) in [5.41, 5.74) is 0. The van der Waals surface area contributed by atoms with Gasteiger partial charge in [-0.25, -0.2) is 4.79 Å². The summed E-state index contributed by atoms with van der Waals surface area (Å²) in [7, 11) is 0. The number of nitrogens with zero attached hydrogens (tertiary/aromatic N) is 1. The molecule has 1 amide bonds. The Morgan fingerprint density at radius 3 is 3.10 bits per heavy atom. The van der Waals surface area contributed by atoms with Crippen LogP contribution in [-0.4, -0.2) is 30.2 Å². The summed E-state index contributed by atoms with van der Waals surface area (Å²) >= 11 is 0. The SMILES string of the molecule is C=CC1COC(=O)N1CC. The summed E-state index contributed by atoms with van der Waals surface area (Å²) in [4.78, 5) is 12.5. The van der Waals surface area contributed by atoms with E-state index in [1.807, 2.05) is 6.92 Å². The van der Waals surface area contributed by atoms with E-state index in [2.05, 4.69) is 6.58 Å². The summed E-state index contributed by atoms with van der Waals surface area (Å²) in [6.45, 7) is 6.67. The van der Waals surface area contributed by atoms with Crippen LogP contribution in [0.5, 0.6) is 0 Å². The van der Waals surface area contributed by atoms with Crippen molar-refractivity contribution < 1.29 is 9.53 Å². The molecule has 3 nitrogen and oxygen atoms in total. The Balaban J connectivity index is 2.62. The van der Waals surface area contributed by atoms with E-state index in [-0.39, 0.29) is 12.1 Å². The number of ether oxygens (including phenoxy) is 1. The lowest BCUT2D eigenvalue weighted by atomic mass is 10.3. The van der Waals surface area contributed by atoms with Crippen molar-refractivity contribution in [1.82, 2.24) is 4.90 Å². The highest BCUT2D eigenvalue weighted by atomic mass is 16.6. The third-order valence-electron chi connectivity index (χ3n) is 1.63. The topological polar surface area (TPSA) is 29.5 Å². The number of rotatable bonds is 2. The van der Waals surface area contributed by atoms with E-state index in [0.717, 1.165) is 0 Å². The fourth-order valence-corrected chi connectivity index (χ4v) is 1.02. The second kappa shape index (κ2) is 2.73. The molecule has 1 saturated heterocycles. The summed E-state index contributed by atoms with van der Waals surface area (Å²) in [5.74, 6) is 0. The molecule has 56 valence electrons. The predicted molar refractivity (Wildman–Crippen MR) is 37.7 cm³/mol. The molecule has 3 heteroatoms. The van der Waals surface area contributed by atoms with Gasteiger partial charge in [0, 0.05) is 6.54 Å². The first-order valence-electron chi connectivity index (χ1n) is 3.35. The first-order chi connectivity index (χ1) is 4.79. The average molecular weight is 141 g/mol. The van der Waals surface area contributed by atoms with Gasteiger partial charge >= 0.3 is 6.09 Å². The van der Waals surface area contributed by atoms with Gasteiger partial charge in [-0.2, -0.15) is 0 Å². The molecule has 1 fully saturated rings. The highest BCUT2D eigenvalue weighted by molar-refractivity contribution is 5.70. The first kappa shape index (κ1) is 7.12. The molecule has 1 unspecified atom stereocenters. The molecule has 0 N–H and O–H groups in total. The zero-order chi connectivity index (χ0) is 7.56. The van der Waals surface area contributed by atoms with Crippen LogP contribution in [0, 0.1) is 0 Å². The molecule has 1 heterocycles. The van der Waals surface area contributed by atoms with Gasteiger partial charge in [-0.1, -0.05) is 6.08 Å². The quantitative estimate of drug-likeness (QED) is 0.537. The second-order valence-corrected chi connectivity index (χ2v) is 2.17. The van der Waals surface area contributed by atoms with Crippen LogP contribution >= 0.6 is 0 Å². The number of likely N-dealkylation sites (N-methyl/N-ethyl adjacent to an activating group) is 1. The Kier molecular flexibility index (Phi) is 1.94. The highest BCUT2D eigenvalue weighted by Crippen LogP contribution is 2.11.